The molecule has 2 aromatic carbocycles. The molecule has 5 rings (SSSR count). The summed E-state index contributed by atoms with van der Waals surface area (Å²) in [5.41, 5.74) is 1.70. The second-order valence-corrected chi connectivity index (χ2v) is 11.2. The number of benzene rings is 2. The second kappa shape index (κ2) is 11.3. The maximum Gasteiger partial charge on any atom is 0.404 e. The first-order chi connectivity index (χ1) is 19.1. The summed E-state index contributed by atoms with van der Waals surface area (Å²) in [5, 5.41) is 7.67. The summed E-state index contributed by atoms with van der Waals surface area (Å²) < 4.78 is 71.2. The van der Waals surface area contributed by atoms with Crippen molar-refractivity contribution in [1.82, 2.24) is 20.3 Å². The van der Waals surface area contributed by atoms with E-state index in [1.165, 1.54) is 12.3 Å². The van der Waals surface area contributed by atoms with Crippen LogP contribution < -0.4 is 20.1 Å². The van der Waals surface area contributed by atoms with Crippen LogP contribution in [0.15, 0.2) is 61.1 Å². The zero-order chi connectivity index (χ0) is 28.3. The van der Waals surface area contributed by atoms with Gasteiger partial charge in [0.1, 0.15) is 17.3 Å². The minimum atomic E-state index is -4.88. The average Bonchev–Trinajstić information content (AvgIpc) is 2.90. The highest BCUT2D eigenvalue weighted by molar-refractivity contribution is 7.92. The predicted molar refractivity (Wildman–Crippen MR) is 147 cm³/mol. The molecule has 2 aromatic heterocycles. The Labute approximate surface area is 229 Å². The molecule has 1 aliphatic rings. The number of nitrogens with one attached hydrogen (secondary N) is 3. The number of anilines is 2. The van der Waals surface area contributed by atoms with Gasteiger partial charge < -0.3 is 15.4 Å². The molecule has 0 radical (unpaired) electrons. The molecule has 1 atom stereocenters. The Bertz CT molecular complexity index is 1630. The number of aromatic nitrogens is 3. The van der Waals surface area contributed by atoms with Crippen LogP contribution in [-0.4, -0.2) is 54.4 Å². The highest BCUT2D eigenvalue weighted by atomic mass is 32.2. The van der Waals surface area contributed by atoms with Crippen LogP contribution in [0.1, 0.15) is 18.4 Å². The first-order valence-corrected chi connectivity index (χ1v) is 14.3. The molecule has 3 heterocycles. The number of sulfonamides is 1. The van der Waals surface area contributed by atoms with E-state index in [4.69, 9.17) is 4.74 Å². The number of fused-ring (bicyclic) bond motifs is 1. The van der Waals surface area contributed by atoms with Gasteiger partial charge in [-0.2, -0.15) is 13.2 Å². The van der Waals surface area contributed by atoms with E-state index < -0.39 is 22.0 Å². The lowest BCUT2D eigenvalue weighted by Gasteiger charge is -2.24. The van der Waals surface area contributed by atoms with Crippen LogP contribution in [-0.2, 0) is 10.0 Å². The highest BCUT2D eigenvalue weighted by Crippen LogP contribution is 2.40. The van der Waals surface area contributed by atoms with Crippen LogP contribution >= 0.6 is 0 Å². The van der Waals surface area contributed by atoms with Crippen molar-refractivity contribution in [3.8, 4) is 22.9 Å². The van der Waals surface area contributed by atoms with Gasteiger partial charge in [-0.15, -0.1) is 0 Å². The van der Waals surface area contributed by atoms with Crippen molar-refractivity contribution in [3.63, 3.8) is 0 Å². The summed E-state index contributed by atoms with van der Waals surface area (Å²) >= 11 is 0. The first kappa shape index (κ1) is 27.6. The fourth-order valence-electron chi connectivity index (χ4n) is 4.66. The molecule has 40 heavy (non-hydrogen) atoms. The molecular weight excluding hydrogens is 545 g/mol. The minimum Gasteiger partial charge on any atom is -0.436 e. The Morgan fingerprint density at radius 1 is 1.05 bits per heavy atom. The SMILES string of the molecule is Cc1cc(NS(=O)(=O)CC(F)(F)F)c2ccccc2c1Oc1nccnc1-c1ccnc(N[C@H]2CCCNC2)c1. The predicted octanol–water partition coefficient (Wildman–Crippen LogP) is 5.26. The van der Waals surface area contributed by atoms with Gasteiger partial charge in [0.05, 0.1) is 5.69 Å². The zero-order valence-electron chi connectivity index (χ0n) is 21.5. The Kier molecular flexibility index (Phi) is 7.76. The number of hydrogen-bond acceptors (Lipinski definition) is 8. The Morgan fingerprint density at radius 3 is 2.58 bits per heavy atom. The number of rotatable bonds is 8. The van der Waals surface area contributed by atoms with Crippen molar-refractivity contribution in [3.05, 3.63) is 66.6 Å². The van der Waals surface area contributed by atoms with Crippen molar-refractivity contribution in [2.45, 2.75) is 32.0 Å². The van der Waals surface area contributed by atoms with Gasteiger partial charge in [-0.05, 0) is 50.1 Å². The van der Waals surface area contributed by atoms with E-state index in [1.807, 2.05) is 6.07 Å². The quantitative estimate of drug-likeness (QED) is 0.262. The molecule has 0 unspecified atom stereocenters. The molecule has 13 heteroatoms. The molecule has 4 aromatic rings. The number of alkyl halides is 3. The fraction of sp³-hybridized carbons (Fsp3) is 0.296. The molecule has 0 aliphatic carbocycles. The van der Waals surface area contributed by atoms with Crippen molar-refractivity contribution in [2.24, 2.45) is 0 Å². The van der Waals surface area contributed by atoms with Crippen LogP contribution in [0.4, 0.5) is 24.7 Å². The topological polar surface area (TPSA) is 118 Å². The van der Waals surface area contributed by atoms with E-state index in [0.717, 1.165) is 31.5 Å². The second-order valence-electron chi connectivity index (χ2n) is 9.52. The van der Waals surface area contributed by atoms with Gasteiger partial charge in [0.2, 0.25) is 15.9 Å². The lowest BCUT2D eigenvalue weighted by molar-refractivity contribution is -0.106. The van der Waals surface area contributed by atoms with Crippen LogP contribution in [0.3, 0.4) is 0 Å². The largest absolute Gasteiger partial charge is 0.436 e. The van der Waals surface area contributed by atoms with Gasteiger partial charge in [-0.25, -0.2) is 23.4 Å². The Morgan fingerprint density at radius 2 is 1.82 bits per heavy atom. The van der Waals surface area contributed by atoms with E-state index >= 15 is 0 Å². The monoisotopic (exact) mass is 572 g/mol. The van der Waals surface area contributed by atoms with Crippen molar-refractivity contribution < 1.29 is 26.3 Å². The van der Waals surface area contributed by atoms with E-state index in [2.05, 4.69) is 30.3 Å². The fourth-order valence-corrected chi connectivity index (χ4v) is 5.67. The number of nitrogens with zero attached hydrogens (tertiary/aromatic N) is 3. The summed E-state index contributed by atoms with van der Waals surface area (Å²) in [4.78, 5) is 13.3. The molecule has 3 N–H and O–H groups in total. The summed E-state index contributed by atoms with van der Waals surface area (Å²) in [6.07, 6.45) is 1.95. The van der Waals surface area contributed by atoms with Gasteiger partial charge in [-0.1, -0.05) is 24.3 Å². The van der Waals surface area contributed by atoms with Crippen LogP contribution in [0.5, 0.6) is 11.6 Å². The zero-order valence-corrected chi connectivity index (χ0v) is 22.3. The molecule has 0 spiro atoms. The third kappa shape index (κ3) is 6.59. The summed E-state index contributed by atoms with van der Waals surface area (Å²) in [6.45, 7) is 3.52. The van der Waals surface area contributed by atoms with E-state index in [1.54, 1.807) is 49.6 Å². The number of halogens is 3. The summed E-state index contributed by atoms with van der Waals surface area (Å²) in [7, 11) is -4.68. The highest BCUT2D eigenvalue weighted by Gasteiger charge is 2.35. The van der Waals surface area contributed by atoms with Crippen molar-refractivity contribution in [1.29, 1.82) is 0 Å². The lowest BCUT2D eigenvalue weighted by atomic mass is 10.0. The molecule has 0 amide bonds. The third-order valence-corrected chi connectivity index (χ3v) is 7.58. The van der Waals surface area contributed by atoms with E-state index in [9.17, 15) is 21.6 Å². The number of ether oxygens (including phenoxy) is 1. The van der Waals surface area contributed by atoms with Gasteiger partial charge >= 0.3 is 6.18 Å². The van der Waals surface area contributed by atoms with Gasteiger partial charge in [0.25, 0.3) is 0 Å². The van der Waals surface area contributed by atoms with E-state index in [-0.39, 0.29) is 17.6 Å². The maximum absolute atomic E-state index is 12.8. The molecule has 9 nitrogen and oxygen atoms in total. The van der Waals surface area contributed by atoms with Crippen LogP contribution in [0.25, 0.3) is 22.0 Å². The molecular formula is C27H27F3N6O3S. The maximum atomic E-state index is 12.8. The Balaban J connectivity index is 1.48. The van der Waals surface area contributed by atoms with Gasteiger partial charge in [-0.3, -0.25) is 4.72 Å². The van der Waals surface area contributed by atoms with Gasteiger partial charge in [0.15, 0.2) is 5.75 Å². The third-order valence-electron chi connectivity index (χ3n) is 6.35. The molecule has 210 valence electrons. The summed E-state index contributed by atoms with van der Waals surface area (Å²) in [5.74, 6) is -0.719. The normalized spacial score (nSPS) is 16.1. The van der Waals surface area contributed by atoms with Crippen LogP contribution in [0, 0.1) is 6.92 Å². The molecule has 1 aliphatic heterocycles. The number of aryl methyl sites for hydroxylation is 1. The number of pyridine rings is 1. The summed E-state index contributed by atoms with van der Waals surface area (Å²) in [6, 6.07) is 12.0. The van der Waals surface area contributed by atoms with E-state index in [0.29, 0.717) is 33.6 Å². The molecule has 0 bridgehead atoms. The van der Waals surface area contributed by atoms with Crippen molar-refractivity contribution in [2.75, 3.05) is 28.9 Å². The van der Waals surface area contributed by atoms with Crippen LogP contribution in [0.2, 0.25) is 0 Å². The molecule has 1 saturated heterocycles. The standard InChI is InChI=1S/C27H27F3N6O3S/c1-17-13-22(36-40(37,38)16-27(28,29)30)20-6-2-3-7-21(20)25(17)39-26-24(33-11-12-34-26)18-8-10-32-23(14-18)35-19-5-4-9-31-15-19/h2-3,6-8,10-14,19,31,36H,4-5,9,15-16H2,1H3,(H,32,35)/t19-/m0/s1. The first-order valence-electron chi connectivity index (χ1n) is 12.6. The smallest absolute Gasteiger partial charge is 0.404 e. The lowest BCUT2D eigenvalue weighted by Crippen LogP contribution is -2.38. The molecule has 1 fully saturated rings. The average molecular weight is 573 g/mol. The van der Waals surface area contributed by atoms with Gasteiger partial charge in [0, 0.05) is 47.5 Å². The molecule has 0 saturated carbocycles. The minimum absolute atomic E-state index is 0.0196. The number of hydrogen-bond donors (Lipinski definition) is 3. The Hall–Kier alpha value is -3.97. The number of piperidine rings is 1. The van der Waals surface area contributed by atoms with Crippen molar-refractivity contribution >= 4 is 32.3 Å².